The van der Waals surface area contributed by atoms with Crippen molar-refractivity contribution in [3.05, 3.63) is 60.7 Å². The van der Waals surface area contributed by atoms with Gasteiger partial charge in [-0.1, -0.05) is 12.1 Å². The molecule has 2 fully saturated rings. The zero-order valence-corrected chi connectivity index (χ0v) is 21.0. The normalized spacial score (nSPS) is 18.2. The number of benzene rings is 2. The lowest BCUT2D eigenvalue weighted by Gasteiger charge is -2.40. The number of methoxy groups -OCH3 is 2. The average Bonchev–Trinajstić information content (AvgIpc) is 2.97. The summed E-state index contributed by atoms with van der Waals surface area (Å²) >= 11 is 0. The number of amides is 1. The molecule has 3 aromatic rings. The third-order valence-corrected chi connectivity index (χ3v) is 7.15. The quantitative estimate of drug-likeness (QED) is 0.525. The molecule has 0 spiro atoms. The van der Waals surface area contributed by atoms with Gasteiger partial charge in [0.05, 0.1) is 31.5 Å². The summed E-state index contributed by atoms with van der Waals surface area (Å²) in [4.78, 5) is 19.9. The van der Waals surface area contributed by atoms with Gasteiger partial charge in [-0.25, -0.2) is 0 Å². The van der Waals surface area contributed by atoms with E-state index in [1.165, 1.54) is 0 Å². The van der Waals surface area contributed by atoms with Crippen LogP contribution in [0.1, 0.15) is 12.8 Å². The van der Waals surface area contributed by atoms with Crippen molar-refractivity contribution in [1.82, 2.24) is 15.1 Å². The van der Waals surface area contributed by atoms with E-state index in [0.29, 0.717) is 6.54 Å². The standard InChI is InChI=1S/C28H33N5O3/c1-35-23-11-9-21(10-12-23)24-13-14-27(30-29-24)33-15-5-6-22(20-33)28(34)32-18-16-31(17-19-32)25-7-3-4-8-26(25)36-2/h3-4,7-14,22H,5-6,15-20H2,1-2H3. The van der Waals surface area contributed by atoms with Crippen LogP contribution in [0, 0.1) is 5.92 Å². The van der Waals surface area contributed by atoms with Gasteiger partial charge in [0.2, 0.25) is 5.91 Å². The molecule has 0 bridgehead atoms. The highest BCUT2D eigenvalue weighted by molar-refractivity contribution is 5.80. The number of hydrogen-bond donors (Lipinski definition) is 0. The molecule has 0 saturated carbocycles. The van der Waals surface area contributed by atoms with Crippen molar-refractivity contribution in [2.45, 2.75) is 12.8 Å². The maximum atomic E-state index is 13.4. The monoisotopic (exact) mass is 487 g/mol. The van der Waals surface area contributed by atoms with Gasteiger partial charge in [0.1, 0.15) is 11.5 Å². The first-order valence-electron chi connectivity index (χ1n) is 12.6. The summed E-state index contributed by atoms with van der Waals surface area (Å²) in [5.41, 5.74) is 2.90. The number of piperazine rings is 1. The number of rotatable bonds is 6. The molecule has 188 valence electrons. The zero-order valence-electron chi connectivity index (χ0n) is 21.0. The van der Waals surface area contributed by atoms with Gasteiger partial charge >= 0.3 is 0 Å². The van der Waals surface area contributed by atoms with Gasteiger partial charge in [-0.2, -0.15) is 0 Å². The minimum atomic E-state index is -0.0142. The van der Waals surface area contributed by atoms with E-state index in [2.05, 4.69) is 26.1 Å². The summed E-state index contributed by atoms with van der Waals surface area (Å²) in [5.74, 6) is 2.75. The van der Waals surface area contributed by atoms with Crippen molar-refractivity contribution >= 4 is 17.4 Å². The number of carbonyl (C=O) groups excluding carboxylic acids is 1. The first kappa shape index (κ1) is 23.9. The van der Waals surface area contributed by atoms with E-state index in [9.17, 15) is 4.79 Å². The topological polar surface area (TPSA) is 71.0 Å². The fourth-order valence-corrected chi connectivity index (χ4v) is 5.11. The molecule has 36 heavy (non-hydrogen) atoms. The van der Waals surface area contributed by atoms with E-state index in [1.54, 1.807) is 14.2 Å². The van der Waals surface area contributed by atoms with E-state index < -0.39 is 0 Å². The molecule has 2 aliphatic heterocycles. The van der Waals surface area contributed by atoms with Crippen LogP contribution in [0.5, 0.6) is 11.5 Å². The molecule has 1 amide bonds. The molecule has 0 N–H and O–H groups in total. The van der Waals surface area contributed by atoms with Crippen molar-refractivity contribution in [1.29, 1.82) is 0 Å². The van der Waals surface area contributed by atoms with Gasteiger partial charge < -0.3 is 24.2 Å². The molecule has 2 saturated heterocycles. The first-order chi connectivity index (χ1) is 17.7. The SMILES string of the molecule is COc1ccc(-c2ccc(N3CCCC(C(=O)N4CCN(c5ccccc5OC)CC4)C3)nn2)cc1. The minimum absolute atomic E-state index is 0.0142. The van der Waals surface area contributed by atoms with E-state index in [0.717, 1.165) is 79.8 Å². The third kappa shape index (κ3) is 5.08. The molecule has 3 heterocycles. The molecule has 5 rings (SSSR count). The number of carbonyl (C=O) groups is 1. The van der Waals surface area contributed by atoms with Crippen LogP contribution in [0.4, 0.5) is 11.5 Å². The minimum Gasteiger partial charge on any atom is -0.497 e. The fraction of sp³-hybridized carbons (Fsp3) is 0.393. The number of aromatic nitrogens is 2. The smallest absolute Gasteiger partial charge is 0.227 e. The molecule has 2 aromatic carbocycles. The maximum absolute atomic E-state index is 13.4. The number of hydrogen-bond acceptors (Lipinski definition) is 7. The second kappa shape index (κ2) is 10.8. The molecule has 0 radical (unpaired) electrons. The van der Waals surface area contributed by atoms with Crippen LogP contribution < -0.4 is 19.3 Å². The van der Waals surface area contributed by atoms with Gasteiger partial charge in [-0.3, -0.25) is 4.79 Å². The lowest BCUT2D eigenvalue weighted by Crippen LogP contribution is -2.52. The number of para-hydroxylation sites is 2. The summed E-state index contributed by atoms with van der Waals surface area (Å²) in [7, 11) is 3.35. The molecular weight excluding hydrogens is 454 g/mol. The Morgan fingerprint density at radius 2 is 1.61 bits per heavy atom. The molecular formula is C28H33N5O3. The van der Waals surface area contributed by atoms with Crippen molar-refractivity contribution < 1.29 is 14.3 Å². The van der Waals surface area contributed by atoms with E-state index >= 15 is 0 Å². The van der Waals surface area contributed by atoms with Crippen molar-refractivity contribution in [3.8, 4) is 22.8 Å². The van der Waals surface area contributed by atoms with Crippen molar-refractivity contribution in [2.24, 2.45) is 5.92 Å². The largest absolute Gasteiger partial charge is 0.497 e. The number of anilines is 2. The summed E-state index contributed by atoms with van der Waals surface area (Å²) in [6.07, 6.45) is 1.89. The number of ether oxygens (including phenoxy) is 2. The first-order valence-corrected chi connectivity index (χ1v) is 12.6. The maximum Gasteiger partial charge on any atom is 0.227 e. The molecule has 2 aliphatic rings. The average molecular weight is 488 g/mol. The van der Waals surface area contributed by atoms with Crippen molar-refractivity contribution in [2.75, 3.05) is 63.3 Å². The van der Waals surface area contributed by atoms with E-state index in [4.69, 9.17) is 9.47 Å². The Bertz CT molecular complexity index is 1160. The lowest BCUT2D eigenvalue weighted by molar-refractivity contribution is -0.136. The highest BCUT2D eigenvalue weighted by Gasteiger charge is 2.32. The zero-order chi connectivity index (χ0) is 24.9. The van der Waals surface area contributed by atoms with E-state index in [1.807, 2.05) is 59.5 Å². The molecule has 1 aromatic heterocycles. The molecule has 1 atom stereocenters. The van der Waals surface area contributed by atoms with Crippen LogP contribution in [0.25, 0.3) is 11.3 Å². The Hall–Kier alpha value is -3.81. The predicted octanol–water partition coefficient (Wildman–Crippen LogP) is 3.73. The molecule has 0 aliphatic carbocycles. The Morgan fingerprint density at radius 1 is 0.833 bits per heavy atom. The van der Waals surface area contributed by atoms with Crippen LogP contribution in [0.3, 0.4) is 0 Å². The summed E-state index contributed by atoms with van der Waals surface area (Å²) in [6, 6.07) is 19.9. The second-order valence-electron chi connectivity index (χ2n) is 9.27. The van der Waals surface area contributed by atoms with Gasteiger partial charge in [0, 0.05) is 44.8 Å². The van der Waals surface area contributed by atoms with Crippen LogP contribution in [0.2, 0.25) is 0 Å². The lowest BCUT2D eigenvalue weighted by atomic mass is 9.96. The summed E-state index contributed by atoms with van der Waals surface area (Å²) in [5, 5.41) is 8.94. The number of piperidine rings is 1. The highest BCUT2D eigenvalue weighted by Crippen LogP contribution is 2.29. The van der Waals surface area contributed by atoms with Gasteiger partial charge in [0.25, 0.3) is 0 Å². The van der Waals surface area contributed by atoms with Crippen LogP contribution in [-0.4, -0.2) is 74.5 Å². The molecule has 8 heteroatoms. The molecule has 1 unspecified atom stereocenters. The van der Waals surface area contributed by atoms with Crippen LogP contribution >= 0.6 is 0 Å². The van der Waals surface area contributed by atoms with Crippen LogP contribution in [-0.2, 0) is 4.79 Å². The van der Waals surface area contributed by atoms with Crippen molar-refractivity contribution in [3.63, 3.8) is 0 Å². The second-order valence-corrected chi connectivity index (χ2v) is 9.27. The predicted molar refractivity (Wildman–Crippen MR) is 141 cm³/mol. The highest BCUT2D eigenvalue weighted by atomic mass is 16.5. The third-order valence-electron chi connectivity index (χ3n) is 7.15. The summed E-state index contributed by atoms with van der Waals surface area (Å²) < 4.78 is 10.8. The van der Waals surface area contributed by atoms with Gasteiger partial charge in [-0.05, 0) is 61.4 Å². The number of nitrogens with zero attached hydrogens (tertiary/aromatic N) is 5. The summed E-state index contributed by atoms with van der Waals surface area (Å²) in [6.45, 7) is 4.64. The Kier molecular flexibility index (Phi) is 7.21. The molecule has 8 nitrogen and oxygen atoms in total. The van der Waals surface area contributed by atoms with Crippen LogP contribution in [0.15, 0.2) is 60.7 Å². The Balaban J connectivity index is 1.19. The van der Waals surface area contributed by atoms with Gasteiger partial charge in [-0.15, -0.1) is 10.2 Å². The Morgan fingerprint density at radius 3 is 2.31 bits per heavy atom. The Labute approximate surface area is 212 Å². The fourth-order valence-electron chi connectivity index (χ4n) is 5.11. The van der Waals surface area contributed by atoms with Gasteiger partial charge in [0.15, 0.2) is 5.82 Å². The van der Waals surface area contributed by atoms with E-state index in [-0.39, 0.29) is 11.8 Å².